The molecule has 0 aromatic carbocycles. The number of nitrogens with zero attached hydrogens (tertiary/aromatic N) is 1. The molecule has 1 saturated heterocycles. The SMILES string of the molecule is CCC(CC)CN1CCC(NC2CC2)C1=O. The predicted octanol–water partition coefficient (Wildman–Crippen LogP) is 1.78. The van der Waals surface area contributed by atoms with Gasteiger partial charge in [0, 0.05) is 19.1 Å². The van der Waals surface area contributed by atoms with Crippen molar-refractivity contribution in [2.24, 2.45) is 5.92 Å². The molecule has 1 heterocycles. The lowest BCUT2D eigenvalue weighted by atomic mass is 10.0. The average Bonchev–Trinajstić information content (AvgIpc) is 3.04. The number of carbonyl (C=O) groups is 1. The molecule has 0 bridgehead atoms. The van der Waals surface area contributed by atoms with Crippen LogP contribution in [0.1, 0.15) is 46.0 Å². The highest BCUT2D eigenvalue weighted by molar-refractivity contribution is 5.84. The molecule has 1 unspecified atom stereocenters. The van der Waals surface area contributed by atoms with Crippen LogP contribution < -0.4 is 5.32 Å². The number of nitrogens with one attached hydrogen (secondary N) is 1. The van der Waals surface area contributed by atoms with Crippen LogP contribution in [0.2, 0.25) is 0 Å². The highest BCUT2D eigenvalue weighted by Gasteiger charge is 2.35. The van der Waals surface area contributed by atoms with Gasteiger partial charge in [-0.05, 0) is 25.2 Å². The Bertz CT molecular complexity index is 246. The number of amides is 1. The lowest BCUT2D eigenvalue weighted by molar-refractivity contribution is -0.130. The molecule has 2 fully saturated rings. The monoisotopic (exact) mass is 224 g/mol. The van der Waals surface area contributed by atoms with E-state index >= 15 is 0 Å². The lowest BCUT2D eigenvalue weighted by Crippen LogP contribution is -2.40. The fraction of sp³-hybridized carbons (Fsp3) is 0.923. The lowest BCUT2D eigenvalue weighted by Gasteiger charge is -2.22. The van der Waals surface area contributed by atoms with Crippen molar-refractivity contribution in [1.82, 2.24) is 10.2 Å². The van der Waals surface area contributed by atoms with Gasteiger partial charge < -0.3 is 10.2 Å². The van der Waals surface area contributed by atoms with Crippen molar-refractivity contribution in [3.63, 3.8) is 0 Å². The van der Waals surface area contributed by atoms with Gasteiger partial charge in [0.15, 0.2) is 0 Å². The van der Waals surface area contributed by atoms with Crippen LogP contribution in [0.3, 0.4) is 0 Å². The molecular weight excluding hydrogens is 200 g/mol. The summed E-state index contributed by atoms with van der Waals surface area (Å²) in [5, 5.41) is 3.45. The van der Waals surface area contributed by atoms with Gasteiger partial charge >= 0.3 is 0 Å². The van der Waals surface area contributed by atoms with E-state index in [2.05, 4.69) is 24.1 Å². The van der Waals surface area contributed by atoms with E-state index in [-0.39, 0.29) is 6.04 Å². The fourth-order valence-corrected chi connectivity index (χ4v) is 2.47. The summed E-state index contributed by atoms with van der Waals surface area (Å²) in [5.41, 5.74) is 0. The van der Waals surface area contributed by atoms with Gasteiger partial charge in [-0.2, -0.15) is 0 Å². The van der Waals surface area contributed by atoms with Crippen LogP contribution in [-0.4, -0.2) is 36.0 Å². The molecule has 1 N–H and O–H groups in total. The Balaban J connectivity index is 1.80. The van der Waals surface area contributed by atoms with E-state index in [1.54, 1.807) is 0 Å². The van der Waals surface area contributed by atoms with Gasteiger partial charge in [-0.1, -0.05) is 26.7 Å². The molecule has 2 aliphatic rings. The topological polar surface area (TPSA) is 32.3 Å². The maximum atomic E-state index is 12.1. The highest BCUT2D eigenvalue weighted by Crippen LogP contribution is 2.23. The third-order valence-corrected chi connectivity index (χ3v) is 3.94. The molecule has 3 nitrogen and oxygen atoms in total. The maximum Gasteiger partial charge on any atom is 0.239 e. The number of hydrogen-bond donors (Lipinski definition) is 1. The molecule has 1 atom stereocenters. The average molecular weight is 224 g/mol. The molecule has 92 valence electrons. The number of likely N-dealkylation sites (tertiary alicyclic amines) is 1. The van der Waals surface area contributed by atoms with E-state index in [0.717, 1.165) is 19.5 Å². The van der Waals surface area contributed by atoms with Crippen molar-refractivity contribution in [1.29, 1.82) is 0 Å². The van der Waals surface area contributed by atoms with Gasteiger partial charge in [-0.25, -0.2) is 0 Å². The molecule has 1 amide bonds. The molecule has 0 spiro atoms. The number of rotatable bonds is 6. The molecule has 1 saturated carbocycles. The van der Waals surface area contributed by atoms with E-state index in [1.165, 1.54) is 25.7 Å². The largest absolute Gasteiger partial charge is 0.341 e. The molecule has 2 rings (SSSR count). The molecule has 16 heavy (non-hydrogen) atoms. The maximum absolute atomic E-state index is 12.1. The summed E-state index contributed by atoms with van der Waals surface area (Å²) in [6, 6.07) is 0.768. The van der Waals surface area contributed by atoms with Crippen molar-refractivity contribution in [3.05, 3.63) is 0 Å². The van der Waals surface area contributed by atoms with Crippen molar-refractivity contribution < 1.29 is 4.79 Å². The van der Waals surface area contributed by atoms with Crippen molar-refractivity contribution in [2.75, 3.05) is 13.1 Å². The first-order valence-corrected chi connectivity index (χ1v) is 6.79. The fourth-order valence-electron chi connectivity index (χ4n) is 2.47. The van der Waals surface area contributed by atoms with Crippen molar-refractivity contribution in [3.8, 4) is 0 Å². The minimum absolute atomic E-state index is 0.127. The standard InChI is InChI=1S/C13H24N2O/c1-3-10(4-2)9-15-8-7-12(13(15)16)14-11-5-6-11/h10-12,14H,3-9H2,1-2H3. The number of hydrogen-bond acceptors (Lipinski definition) is 2. The molecule has 0 radical (unpaired) electrons. The van der Waals surface area contributed by atoms with E-state index in [4.69, 9.17) is 0 Å². The van der Waals surface area contributed by atoms with Gasteiger partial charge in [0.05, 0.1) is 6.04 Å². The van der Waals surface area contributed by atoms with E-state index < -0.39 is 0 Å². The van der Waals surface area contributed by atoms with Crippen LogP contribution in [0.4, 0.5) is 0 Å². The first-order valence-electron chi connectivity index (χ1n) is 6.79. The molecular formula is C13H24N2O. The van der Waals surface area contributed by atoms with E-state index in [0.29, 0.717) is 17.9 Å². The third-order valence-electron chi connectivity index (χ3n) is 3.94. The molecule has 0 aromatic heterocycles. The third kappa shape index (κ3) is 2.76. The van der Waals surface area contributed by atoms with Gasteiger partial charge in [0.25, 0.3) is 0 Å². The van der Waals surface area contributed by atoms with Crippen molar-refractivity contribution in [2.45, 2.75) is 58.0 Å². The van der Waals surface area contributed by atoms with Crippen LogP contribution >= 0.6 is 0 Å². The summed E-state index contributed by atoms with van der Waals surface area (Å²) >= 11 is 0. The minimum Gasteiger partial charge on any atom is -0.341 e. The van der Waals surface area contributed by atoms with E-state index in [1.807, 2.05) is 0 Å². The summed E-state index contributed by atoms with van der Waals surface area (Å²) in [7, 11) is 0. The first-order chi connectivity index (χ1) is 7.74. The van der Waals surface area contributed by atoms with Crippen LogP contribution in [0.25, 0.3) is 0 Å². The van der Waals surface area contributed by atoms with Crippen LogP contribution in [0.5, 0.6) is 0 Å². The summed E-state index contributed by atoms with van der Waals surface area (Å²) in [5.74, 6) is 1.03. The highest BCUT2D eigenvalue weighted by atomic mass is 16.2. The smallest absolute Gasteiger partial charge is 0.239 e. The Morgan fingerprint density at radius 1 is 1.31 bits per heavy atom. The normalized spacial score (nSPS) is 25.8. The molecule has 1 aliphatic carbocycles. The first kappa shape index (κ1) is 11.9. The van der Waals surface area contributed by atoms with E-state index in [9.17, 15) is 4.79 Å². The summed E-state index contributed by atoms with van der Waals surface area (Å²) < 4.78 is 0. The van der Waals surface area contributed by atoms with Crippen LogP contribution in [0, 0.1) is 5.92 Å². The second-order valence-electron chi connectivity index (χ2n) is 5.25. The summed E-state index contributed by atoms with van der Waals surface area (Å²) in [4.78, 5) is 14.2. The second kappa shape index (κ2) is 5.17. The second-order valence-corrected chi connectivity index (χ2v) is 5.25. The quantitative estimate of drug-likeness (QED) is 0.746. The van der Waals surface area contributed by atoms with Crippen molar-refractivity contribution >= 4 is 5.91 Å². The van der Waals surface area contributed by atoms with Crippen LogP contribution in [0.15, 0.2) is 0 Å². The van der Waals surface area contributed by atoms with Gasteiger partial charge in [0.1, 0.15) is 0 Å². The molecule has 0 aromatic rings. The molecule has 1 aliphatic heterocycles. The zero-order chi connectivity index (χ0) is 11.5. The Hall–Kier alpha value is -0.570. The number of carbonyl (C=O) groups excluding carboxylic acids is 1. The minimum atomic E-state index is 0.127. The Kier molecular flexibility index (Phi) is 3.85. The zero-order valence-electron chi connectivity index (χ0n) is 10.5. The zero-order valence-corrected chi connectivity index (χ0v) is 10.5. The van der Waals surface area contributed by atoms with Gasteiger partial charge in [-0.15, -0.1) is 0 Å². The summed E-state index contributed by atoms with van der Waals surface area (Å²) in [6.45, 7) is 6.36. The Morgan fingerprint density at radius 3 is 2.56 bits per heavy atom. The summed E-state index contributed by atoms with van der Waals surface area (Å²) in [6.07, 6.45) is 5.89. The van der Waals surface area contributed by atoms with Gasteiger partial charge in [0.2, 0.25) is 5.91 Å². The predicted molar refractivity (Wildman–Crippen MR) is 65.2 cm³/mol. The van der Waals surface area contributed by atoms with Gasteiger partial charge in [-0.3, -0.25) is 4.79 Å². The Morgan fingerprint density at radius 2 is 2.00 bits per heavy atom. The molecule has 3 heteroatoms. The van der Waals surface area contributed by atoms with Crippen LogP contribution in [-0.2, 0) is 4.79 Å². The Labute approximate surface area is 98.6 Å².